The first-order valence-corrected chi connectivity index (χ1v) is 11.5. The molecular formula is C29H21ClN2O5. The number of hydrogen-bond acceptors (Lipinski definition) is 5. The average Bonchev–Trinajstić information content (AvgIpc) is 2.90. The van der Waals surface area contributed by atoms with Crippen LogP contribution in [0.25, 0.3) is 16.8 Å². The molecule has 0 fully saturated rings. The van der Waals surface area contributed by atoms with E-state index in [1.807, 2.05) is 48.5 Å². The zero-order valence-electron chi connectivity index (χ0n) is 19.7. The Bertz CT molecular complexity index is 1570. The molecule has 0 saturated carbocycles. The molecule has 2 N–H and O–H groups in total. The van der Waals surface area contributed by atoms with Gasteiger partial charge in [-0.3, -0.25) is 4.79 Å². The predicted octanol–water partition coefficient (Wildman–Crippen LogP) is 6.32. The molecule has 0 heterocycles. The number of ether oxygens (including phenoxy) is 2. The average molecular weight is 513 g/mol. The van der Waals surface area contributed by atoms with Crippen LogP contribution in [0.5, 0.6) is 11.5 Å². The normalized spacial score (nSPS) is 11.0. The molecule has 0 radical (unpaired) electrons. The lowest BCUT2D eigenvalue weighted by molar-refractivity contribution is -0.112. The summed E-state index contributed by atoms with van der Waals surface area (Å²) in [7, 11) is 1.47. The maximum atomic E-state index is 12.7. The van der Waals surface area contributed by atoms with E-state index < -0.39 is 11.9 Å². The summed E-state index contributed by atoms with van der Waals surface area (Å²) in [6.07, 6.45) is 1.36. The van der Waals surface area contributed by atoms with Crippen LogP contribution >= 0.6 is 11.6 Å². The van der Waals surface area contributed by atoms with Crippen molar-refractivity contribution in [2.75, 3.05) is 12.4 Å². The van der Waals surface area contributed by atoms with Crippen LogP contribution in [0.15, 0.2) is 84.4 Å². The number of methoxy groups -OCH3 is 1. The lowest BCUT2D eigenvalue weighted by Gasteiger charge is -2.14. The molecule has 0 saturated heterocycles. The van der Waals surface area contributed by atoms with Crippen LogP contribution in [-0.4, -0.2) is 24.1 Å². The third kappa shape index (κ3) is 5.89. The van der Waals surface area contributed by atoms with Gasteiger partial charge in [0.25, 0.3) is 5.91 Å². The number of halogens is 1. The smallest absolute Gasteiger partial charge is 0.335 e. The summed E-state index contributed by atoms with van der Waals surface area (Å²) in [5.74, 6) is -1.15. The van der Waals surface area contributed by atoms with E-state index >= 15 is 0 Å². The van der Waals surface area contributed by atoms with Crippen molar-refractivity contribution in [1.29, 1.82) is 5.26 Å². The van der Waals surface area contributed by atoms with E-state index in [2.05, 4.69) is 5.32 Å². The molecule has 0 unspecified atom stereocenters. The fourth-order valence-electron chi connectivity index (χ4n) is 3.78. The van der Waals surface area contributed by atoms with E-state index in [0.29, 0.717) is 17.1 Å². The van der Waals surface area contributed by atoms with Crippen LogP contribution in [0.2, 0.25) is 5.02 Å². The SMILES string of the molecule is COc1cc(/C=C(/C#N)C(=O)Nc2cccc(C(=O)O)c2)cc(Cl)c1OCc1cccc2ccccc12. The van der Waals surface area contributed by atoms with Crippen LogP contribution in [0, 0.1) is 11.3 Å². The fraction of sp³-hybridized carbons (Fsp3) is 0.0690. The van der Waals surface area contributed by atoms with E-state index in [4.69, 9.17) is 26.2 Å². The second-order valence-corrected chi connectivity index (χ2v) is 8.38. The van der Waals surface area contributed by atoms with Crippen molar-refractivity contribution in [1.82, 2.24) is 0 Å². The number of anilines is 1. The van der Waals surface area contributed by atoms with Gasteiger partial charge >= 0.3 is 5.97 Å². The highest BCUT2D eigenvalue weighted by Crippen LogP contribution is 2.38. The Morgan fingerprint density at radius 2 is 1.81 bits per heavy atom. The molecule has 7 nitrogen and oxygen atoms in total. The monoisotopic (exact) mass is 512 g/mol. The summed E-state index contributed by atoms with van der Waals surface area (Å²) in [5.41, 5.74) is 1.49. The van der Waals surface area contributed by atoms with E-state index in [0.717, 1.165) is 16.3 Å². The van der Waals surface area contributed by atoms with E-state index in [9.17, 15) is 14.9 Å². The molecule has 1 amide bonds. The molecule has 0 aliphatic heterocycles. The first kappa shape index (κ1) is 25.3. The summed E-state index contributed by atoms with van der Waals surface area (Å²) in [5, 5.41) is 23.6. The molecule has 0 atom stereocenters. The van der Waals surface area contributed by atoms with E-state index in [-0.39, 0.29) is 28.5 Å². The Balaban J connectivity index is 1.56. The number of amides is 1. The van der Waals surface area contributed by atoms with E-state index in [1.54, 1.807) is 12.1 Å². The van der Waals surface area contributed by atoms with Crippen molar-refractivity contribution >= 4 is 46.0 Å². The van der Waals surface area contributed by atoms with Gasteiger partial charge in [-0.25, -0.2) is 4.79 Å². The second-order valence-electron chi connectivity index (χ2n) is 7.97. The quantitative estimate of drug-likeness (QED) is 0.211. The molecule has 0 aromatic heterocycles. The third-order valence-electron chi connectivity index (χ3n) is 5.55. The van der Waals surface area contributed by atoms with Crippen LogP contribution in [0.1, 0.15) is 21.5 Å². The summed E-state index contributed by atoms with van der Waals surface area (Å²) in [6, 6.07) is 24.7. The Hall–Kier alpha value is -4.80. The summed E-state index contributed by atoms with van der Waals surface area (Å²) < 4.78 is 11.5. The summed E-state index contributed by atoms with van der Waals surface area (Å²) in [4.78, 5) is 23.8. The topological polar surface area (TPSA) is 109 Å². The second kappa shape index (κ2) is 11.3. The van der Waals surface area contributed by atoms with Crippen molar-refractivity contribution in [2.45, 2.75) is 6.61 Å². The molecule has 37 heavy (non-hydrogen) atoms. The maximum absolute atomic E-state index is 12.7. The minimum atomic E-state index is -1.13. The number of benzene rings is 4. The van der Waals surface area contributed by atoms with Gasteiger partial charge in [0, 0.05) is 5.69 Å². The number of carbonyl (C=O) groups excluding carboxylic acids is 1. The molecule has 0 aliphatic rings. The van der Waals surface area contributed by atoms with Crippen molar-refractivity contribution in [2.24, 2.45) is 0 Å². The molecule has 8 heteroatoms. The molecule has 4 aromatic carbocycles. The van der Waals surface area contributed by atoms with Gasteiger partial charge < -0.3 is 19.9 Å². The fourth-order valence-corrected chi connectivity index (χ4v) is 4.05. The number of fused-ring (bicyclic) bond motifs is 1. The summed E-state index contributed by atoms with van der Waals surface area (Å²) in [6.45, 7) is 0.258. The molecule has 184 valence electrons. The van der Waals surface area contributed by atoms with Gasteiger partial charge in [-0.05, 0) is 58.3 Å². The number of carboxylic acids is 1. The number of rotatable bonds is 8. The number of hydrogen-bond donors (Lipinski definition) is 2. The number of nitrogens with zero attached hydrogens (tertiary/aromatic N) is 1. The van der Waals surface area contributed by atoms with Gasteiger partial charge in [-0.2, -0.15) is 5.26 Å². The van der Waals surface area contributed by atoms with Crippen molar-refractivity contribution in [3.8, 4) is 17.6 Å². The van der Waals surface area contributed by atoms with E-state index in [1.165, 1.54) is 37.5 Å². The molecule has 0 spiro atoms. The predicted molar refractivity (Wildman–Crippen MR) is 142 cm³/mol. The number of aromatic carboxylic acids is 1. The largest absolute Gasteiger partial charge is 0.493 e. The van der Waals surface area contributed by atoms with Crippen molar-refractivity contribution in [3.63, 3.8) is 0 Å². The lowest BCUT2D eigenvalue weighted by Crippen LogP contribution is -2.14. The minimum absolute atomic E-state index is 0.0101. The highest BCUT2D eigenvalue weighted by atomic mass is 35.5. The number of nitrogens with one attached hydrogen (secondary N) is 1. The summed E-state index contributed by atoms with van der Waals surface area (Å²) >= 11 is 6.51. The van der Waals surface area contributed by atoms with Crippen molar-refractivity contribution < 1.29 is 24.2 Å². The molecule has 4 rings (SSSR count). The molecular weight excluding hydrogens is 492 g/mol. The third-order valence-corrected chi connectivity index (χ3v) is 5.83. The first-order valence-electron chi connectivity index (χ1n) is 11.1. The Morgan fingerprint density at radius 1 is 1.05 bits per heavy atom. The zero-order valence-corrected chi connectivity index (χ0v) is 20.5. The highest BCUT2D eigenvalue weighted by Gasteiger charge is 2.15. The van der Waals surface area contributed by atoms with Crippen molar-refractivity contribution in [3.05, 3.63) is 106 Å². The first-order chi connectivity index (χ1) is 17.9. The van der Waals surface area contributed by atoms with Crippen LogP contribution < -0.4 is 14.8 Å². The van der Waals surface area contributed by atoms with Gasteiger partial charge in [0.15, 0.2) is 11.5 Å². The standard InChI is InChI=1S/C29H21ClN2O5/c1-36-26-14-18(12-22(16-31)28(33)32-23-10-5-8-20(15-23)29(34)35)13-25(30)27(26)37-17-21-9-4-7-19-6-2-3-11-24(19)21/h2-15H,17H2,1H3,(H,32,33)(H,34,35)/b22-12-. The number of carbonyl (C=O) groups is 2. The number of carboxylic acid groups (broad SMARTS) is 1. The van der Waals surface area contributed by atoms with Gasteiger partial charge in [-0.1, -0.05) is 60.1 Å². The lowest BCUT2D eigenvalue weighted by atomic mass is 10.1. The molecule has 4 aromatic rings. The van der Waals surface area contributed by atoms with Gasteiger partial charge in [0.05, 0.1) is 17.7 Å². The van der Waals surface area contributed by atoms with Gasteiger partial charge in [0.2, 0.25) is 0 Å². The highest BCUT2D eigenvalue weighted by molar-refractivity contribution is 6.32. The van der Waals surface area contributed by atoms with Crippen LogP contribution in [-0.2, 0) is 11.4 Å². The minimum Gasteiger partial charge on any atom is -0.493 e. The zero-order chi connectivity index (χ0) is 26.4. The molecule has 0 aliphatic carbocycles. The van der Waals surface area contributed by atoms with Crippen LogP contribution in [0.4, 0.5) is 5.69 Å². The molecule has 0 bridgehead atoms. The Kier molecular flexibility index (Phi) is 7.72. The van der Waals surface area contributed by atoms with Gasteiger partial charge in [0.1, 0.15) is 18.2 Å². The van der Waals surface area contributed by atoms with Gasteiger partial charge in [-0.15, -0.1) is 0 Å². The van der Waals surface area contributed by atoms with Crippen LogP contribution in [0.3, 0.4) is 0 Å². The number of nitriles is 1. The Labute approximate surface area is 218 Å². The maximum Gasteiger partial charge on any atom is 0.335 e. The Morgan fingerprint density at radius 3 is 2.57 bits per heavy atom.